The Morgan fingerprint density at radius 3 is 2.57 bits per heavy atom. The minimum atomic E-state index is 0.125. The van der Waals surface area contributed by atoms with Crippen LogP contribution in [0.1, 0.15) is 68.3 Å². The van der Waals surface area contributed by atoms with E-state index in [1.54, 1.807) is 10.9 Å². The number of piperidine rings is 1. The van der Waals surface area contributed by atoms with Crippen molar-refractivity contribution in [2.24, 2.45) is 13.0 Å². The predicted octanol–water partition coefficient (Wildman–Crippen LogP) is 2.84. The lowest BCUT2D eigenvalue weighted by molar-refractivity contribution is -0.202. The average molecular weight is 387 g/mol. The third kappa shape index (κ3) is 3.28. The van der Waals surface area contributed by atoms with Gasteiger partial charge in [-0.15, -0.1) is 0 Å². The average Bonchev–Trinajstić information content (AvgIpc) is 3.46. The van der Waals surface area contributed by atoms with E-state index in [4.69, 9.17) is 4.74 Å². The van der Waals surface area contributed by atoms with Crippen LogP contribution < -0.4 is 0 Å². The third-order valence-electron chi connectivity index (χ3n) is 7.72. The standard InChI is InChI=1S/C22H34N4O2/c1-24-19(7-12-23-24)21(27)25-13-8-18(9-14-25)26-15-20(28-16-17-5-6-17)22(26)10-3-2-4-11-22/h7,12,17-18,20H,2-6,8-11,13-16H2,1H3. The molecule has 2 aliphatic carbocycles. The zero-order chi connectivity index (χ0) is 19.1. The Kier molecular flexibility index (Phi) is 4.95. The molecule has 1 spiro atoms. The van der Waals surface area contributed by atoms with E-state index in [-0.39, 0.29) is 5.91 Å². The smallest absolute Gasteiger partial charge is 0.272 e. The van der Waals surface area contributed by atoms with Crippen molar-refractivity contribution in [3.8, 4) is 0 Å². The van der Waals surface area contributed by atoms with E-state index in [9.17, 15) is 4.79 Å². The van der Waals surface area contributed by atoms with Crippen molar-refractivity contribution in [3.05, 3.63) is 18.0 Å². The van der Waals surface area contributed by atoms with E-state index in [0.717, 1.165) is 45.0 Å². The van der Waals surface area contributed by atoms with Gasteiger partial charge >= 0.3 is 0 Å². The Morgan fingerprint density at radius 1 is 1.18 bits per heavy atom. The third-order valence-corrected chi connectivity index (χ3v) is 7.72. The van der Waals surface area contributed by atoms with E-state index in [1.165, 1.54) is 44.9 Å². The van der Waals surface area contributed by atoms with Gasteiger partial charge < -0.3 is 9.64 Å². The van der Waals surface area contributed by atoms with Gasteiger partial charge in [0.25, 0.3) is 5.91 Å². The van der Waals surface area contributed by atoms with E-state index in [1.807, 2.05) is 18.0 Å². The summed E-state index contributed by atoms with van der Waals surface area (Å²) < 4.78 is 8.11. The van der Waals surface area contributed by atoms with Crippen LogP contribution >= 0.6 is 0 Å². The molecule has 1 amide bonds. The van der Waals surface area contributed by atoms with Crippen molar-refractivity contribution in [2.75, 3.05) is 26.2 Å². The van der Waals surface area contributed by atoms with Crippen molar-refractivity contribution in [3.63, 3.8) is 0 Å². The van der Waals surface area contributed by atoms with Crippen LogP contribution in [-0.4, -0.2) is 69.4 Å². The fourth-order valence-electron chi connectivity index (χ4n) is 5.76. The molecular weight excluding hydrogens is 352 g/mol. The molecule has 0 aromatic carbocycles. The Balaban J connectivity index is 1.20. The molecular formula is C22H34N4O2. The van der Waals surface area contributed by atoms with E-state index in [0.29, 0.717) is 23.4 Å². The molecule has 1 aromatic rings. The van der Waals surface area contributed by atoms with Crippen LogP contribution in [0.25, 0.3) is 0 Å². The number of aryl methyl sites for hydroxylation is 1. The number of nitrogens with zero attached hydrogens (tertiary/aromatic N) is 4. The van der Waals surface area contributed by atoms with Crippen molar-refractivity contribution >= 4 is 5.91 Å². The highest BCUT2D eigenvalue weighted by Crippen LogP contribution is 2.48. The number of aromatic nitrogens is 2. The van der Waals surface area contributed by atoms with Crippen molar-refractivity contribution in [2.45, 2.75) is 75.5 Å². The number of hydrogen-bond acceptors (Lipinski definition) is 4. The molecule has 2 saturated heterocycles. The van der Waals surface area contributed by atoms with Crippen LogP contribution in [0.5, 0.6) is 0 Å². The number of carbonyl (C=O) groups is 1. The zero-order valence-corrected chi connectivity index (χ0v) is 17.2. The monoisotopic (exact) mass is 386 g/mol. The lowest BCUT2D eigenvalue weighted by atomic mass is 9.69. The number of likely N-dealkylation sites (tertiary alicyclic amines) is 2. The van der Waals surface area contributed by atoms with Gasteiger partial charge in [-0.3, -0.25) is 14.4 Å². The molecule has 0 radical (unpaired) electrons. The number of carbonyl (C=O) groups excluding carboxylic acids is 1. The summed E-state index contributed by atoms with van der Waals surface area (Å²) in [7, 11) is 1.84. The number of amides is 1. The van der Waals surface area contributed by atoms with Gasteiger partial charge in [-0.2, -0.15) is 5.10 Å². The Bertz CT molecular complexity index is 699. The topological polar surface area (TPSA) is 50.6 Å². The van der Waals surface area contributed by atoms with Gasteiger partial charge in [0, 0.05) is 51.1 Å². The molecule has 6 heteroatoms. The minimum Gasteiger partial charge on any atom is -0.375 e. The largest absolute Gasteiger partial charge is 0.375 e. The Hall–Kier alpha value is -1.40. The molecule has 5 rings (SSSR count). The van der Waals surface area contributed by atoms with Gasteiger partial charge in [-0.05, 0) is 50.5 Å². The van der Waals surface area contributed by atoms with Crippen LogP contribution in [0, 0.1) is 5.92 Å². The molecule has 1 atom stereocenters. The second-order valence-electron chi connectivity index (χ2n) is 9.45. The quantitative estimate of drug-likeness (QED) is 0.781. The predicted molar refractivity (Wildman–Crippen MR) is 107 cm³/mol. The fraction of sp³-hybridized carbons (Fsp3) is 0.818. The molecule has 154 valence electrons. The normalized spacial score (nSPS) is 28.5. The first-order chi connectivity index (χ1) is 13.7. The first kappa shape index (κ1) is 18.6. The molecule has 2 aliphatic heterocycles. The molecule has 6 nitrogen and oxygen atoms in total. The highest BCUT2D eigenvalue weighted by Gasteiger charge is 2.56. The molecule has 1 unspecified atom stereocenters. The summed E-state index contributed by atoms with van der Waals surface area (Å²) in [6, 6.07) is 2.43. The van der Waals surface area contributed by atoms with E-state index < -0.39 is 0 Å². The highest BCUT2D eigenvalue weighted by molar-refractivity contribution is 5.92. The number of ether oxygens (including phenoxy) is 1. The Morgan fingerprint density at radius 2 is 1.93 bits per heavy atom. The molecule has 2 saturated carbocycles. The summed E-state index contributed by atoms with van der Waals surface area (Å²) in [4.78, 5) is 17.6. The SMILES string of the molecule is Cn1nccc1C(=O)N1CCC(N2CC(OCC3CC3)C23CCCCC3)CC1. The van der Waals surface area contributed by atoms with Crippen LogP contribution in [0.3, 0.4) is 0 Å². The molecule has 3 heterocycles. The molecule has 28 heavy (non-hydrogen) atoms. The summed E-state index contributed by atoms with van der Waals surface area (Å²) in [5, 5.41) is 4.14. The molecule has 4 fully saturated rings. The minimum absolute atomic E-state index is 0.125. The fourth-order valence-corrected chi connectivity index (χ4v) is 5.76. The van der Waals surface area contributed by atoms with Crippen LogP contribution in [0.2, 0.25) is 0 Å². The van der Waals surface area contributed by atoms with E-state index in [2.05, 4.69) is 10.00 Å². The van der Waals surface area contributed by atoms with E-state index >= 15 is 0 Å². The second-order valence-corrected chi connectivity index (χ2v) is 9.45. The van der Waals surface area contributed by atoms with Gasteiger partial charge in [-0.1, -0.05) is 19.3 Å². The van der Waals surface area contributed by atoms with Gasteiger partial charge in [-0.25, -0.2) is 0 Å². The van der Waals surface area contributed by atoms with Crippen molar-refractivity contribution in [1.82, 2.24) is 19.6 Å². The summed E-state index contributed by atoms with van der Waals surface area (Å²) >= 11 is 0. The maximum absolute atomic E-state index is 12.8. The first-order valence-electron chi connectivity index (χ1n) is 11.3. The van der Waals surface area contributed by atoms with Gasteiger partial charge in [0.2, 0.25) is 0 Å². The lowest BCUT2D eigenvalue weighted by Crippen LogP contribution is -2.75. The van der Waals surface area contributed by atoms with Crippen molar-refractivity contribution < 1.29 is 9.53 Å². The number of hydrogen-bond donors (Lipinski definition) is 0. The summed E-state index contributed by atoms with van der Waals surface area (Å²) in [5.41, 5.74) is 0.992. The lowest BCUT2D eigenvalue weighted by Gasteiger charge is -2.63. The summed E-state index contributed by atoms with van der Waals surface area (Å²) in [5.74, 6) is 0.969. The van der Waals surface area contributed by atoms with Crippen LogP contribution in [0.4, 0.5) is 0 Å². The van der Waals surface area contributed by atoms with Gasteiger partial charge in [0.1, 0.15) is 5.69 Å². The maximum Gasteiger partial charge on any atom is 0.272 e. The van der Waals surface area contributed by atoms with Gasteiger partial charge in [0.05, 0.1) is 6.10 Å². The molecule has 0 N–H and O–H groups in total. The maximum atomic E-state index is 12.8. The molecule has 1 aromatic heterocycles. The van der Waals surface area contributed by atoms with Crippen molar-refractivity contribution in [1.29, 1.82) is 0 Å². The summed E-state index contributed by atoms with van der Waals surface area (Å²) in [6.45, 7) is 3.80. The molecule has 4 aliphatic rings. The highest BCUT2D eigenvalue weighted by atomic mass is 16.5. The molecule has 0 bridgehead atoms. The van der Waals surface area contributed by atoms with Crippen LogP contribution in [-0.2, 0) is 11.8 Å². The number of rotatable bonds is 5. The summed E-state index contributed by atoms with van der Waals surface area (Å²) in [6.07, 6.45) is 13.7. The Labute approximate surface area is 168 Å². The van der Waals surface area contributed by atoms with Gasteiger partial charge in [0.15, 0.2) is 0 Å². The zero-order valence-electron chi connectivity index (χ0n) is 17.2. The first-order valence-corrected chi connectivity index (χ1v) is 11.3. The van der Waals surface area contributed by atoms with Crippen LogP contribution in [0.15, 0.2) is 12.3 Å². The second kappa shape index (κ2) is 7.45.